The van der Waals surface area contributed by atoms with Gasteiger partial charge < -0.3 is 15.4 Å². The van der Waals surface area contributed by atoms with Crippen molar-refractivity contribution in [3.63, 3.8) is 0 Å². The number of hydrogen-bond donors (Lipinski definition) is 2. The first-order chi connectivity index (χ1) is 14.4. The molecule has 2 aromatic rings. The maximum atomic E-state index is 12.8. The van der Waals surface area contributed by atoms with Crippen molar-refractivity contribution in [1.29, 1.82) is 0 Å². The van der Waals surface area contributed by atoms with Gasteiger partial charge in [0.1, 0.15) is 6.04 Å². The summed E-state index contributed by atoms with van der Waals surface area (Å²) in [5.74, 6) is -1.61. The summed E-state index contributed by atoms with van der Waals surface area (Å²) in [4.78, 5) is 24.6. The molecule has 1 unspecified atom stereocenters. The van der Waals surface area contributed by atoms with Crippen molar-refractivity contribution < 1.29 is 27.5 Å². The van der Waals surface area contributed by atoms with Crippen molar-refractivity contribution in [3.8, 4) is 0 Å². The van der Waals surface area contributed by atoms with E-state index in [0.717, 1.165) is 23.8 Å². The minimum atomic E-state index is -4.53. The molecule has 0 spiro atoms. The lowest BCUT2D eigenvalue weighted by Crippen LogP contribution is -2.37. The van der Waals surface area contributed by atoms with E-state index in [1.54, 1.807) is 39.0 Å². The van der Waals surface area contributed by atoms with E-state index in [4.69, 9.17) is 27.9 Å². The summed E-state index contributed by atoms with van der Waals surface area (Å²) in [5.41, 5.74) is 0.510. The van der Waals surface area contributed by atoms with Crippen LogP contribution in [0.2, 0.25) is 10.0 Å². The molecule has 1 amide bonds. The van der Waals surface area contributed by atoms with Crippen molar-refractivity contribution in [2.45, 2.75) is 33.0 Å². The monoisotopic (exact) mass is 476 g/mol. The average molecular weight is 477 g/mol. The topological polar surface area (TPSA) is 67.4 Å². The van der Waals surface area contributed by atoms with Crippen LogP contribution in [0.3, 0.4) is 0 Å². The van der Waals surface area contributed by atoms with Crippen molar-refractivity contribution in [2.75, 3.05) is 17.2 Å². The fourth-order valence-corrected chi connectivity index (χ4v) is 3.02. The second-order valence-electron chi connectivity index (χ2n) is 7.17. The molecular formula is C21H21Cl2F3N2O3. The fourth-order valence-electron chi connectivity index (χ4n) is 2.62. The van der Waals surface area contributed by atoms with E-state index in [2.05, 4.69) is 10.6 Å². The van der Waals surface area contributed by atoms with Crippen LogP contribution in [0.1, 0.15) is 25.0 Å². The maximum absolute atomic E-state index is 12.8. The summed E-state index contributed by atoms with van der Waals surface area (Å²) >= 11 is 11.9. The molecule has 0 fully saturated rings. The molecule has 5 nitrogen and oxygen atoms in total. The fraction of sp³-hybridized carbons (Fsp3) is 0.333. The number of benzene rings is 2. The molecule has 2 N–H and O–H groups in total. The van der Waals surface area contributed by atoms with Gasteiger partial charge in [0.15, 0.2) is 6.61 Å². The van der Waals surface area contributed by atoms with E-state index in [0.29, 0.717) is 10.7 Å². The number of nitrogens with one attached hydrogen (secondary N) is 2. The van der Waals surface area contributed by atoms with E-state index >= 15 is 0 Å². The van der Waals surface area contributed by atoms with Gasteiger partial charge in [0, 0.05) is 10.7 Å². The van der Waals surface area contributed by atoms with Gasteiger partial charge in [-0.3, -0.25) is 4.79 Å². The third kappa shape index (κ3) is 7.04. The van der Waals surface area contributed by atoms with Gasteiger partial charge in [-0.05, 0) is 48.7 Å². The molecule has 0 aliphatic carbocycles. The molecule has 10 heteroatoms. The Morgan fingerprint density at radius 3 is 2.32 bits per heavy atom. The van der Waals surface area contributed by atoms with Gasteiger partial charge in [0.2, 0.25) is 0 Å². The molecule has 0 saturated carbocycles. The van der Waals surface area contributed by atoms with E-state index in [1.165, 1.54) is 0 Å². The van der Waals surface area contributed by atoms with Gasteiger partial charge in [-0.25, -0.2) is 4.79 Å². The Labute approximate surface area is 187 Å². The molecule has 0 aliphatic rings. The van der Waals surface area contributed by atoms with Gasteiger partial charge in [-0.2, -0.15) is 13.2 Å². The van der Waals surface area contributed by atoms with Crippen LogP contribution in [0.5, 0.6) is 0 Å². The molecule has 1 atom stereocenters. The van der Waals surface area contributed by atoms with Crippen molar-refractivity contribution >= 4 is 46.5 Å². The highest BCUT2D eigenvalue weighted by Crippen LogP contribution is 2.34. The summed E-state index contributed by atoms with van der Waals surface area (Å²) in [6.07, 6.45) is -4.53. The minimum Gasteiger partial charge on any atom is -0.454 e. The van der Waals surface area contributed by atoms with Gasteiger partial charge in [-0.15, -0.1) is 0 Å². The van der Waals surface area contributed by atoms with Gasteiger partial charge in [-0.1, -0.05) is 43.1 Å². The molecule has 0 aliphatic heterocycles. The van der Waals surface area contributed by atoms with Crippen molar-refractivity contribution in [2.24, 2.45) is 5.92 Å². The first kappa shape index (κ1) is 24.8. The maximum Gasteiger partial charge on any atom is 0.416 e. The lowest BCUT2D eigenvalue weighted by Gasteiger charge is -2.23. The Balaban J connectivity index is 2.02. The Bertz CT molecular complexity index is 965. The van der Waals surface area contributed by atoms with Crippen LogP contribution in [0.25, 0.3) is 0 Å². The number of esters is 1. The predicted octanol–water partition coefficient (Wildman–Crippen LogP) is 5.94. The Hall–Kier alpha value is -2.45. The smallest absolute Gasteiger partial charge is 0.416 e. The number of hydrogen-bond acceptors (Lipinski definition) is 4. The molecule has 0 saturated heterocycles. The highest BCUT2D eigenvalue weighted by atomic mass is 35.5. The Morgan fingerprint density at radius 2 is 1.74 bits per heavy atom. The average Bonchev–Trinajstić information content (AvgIpc) is 2.67. The number of carbonyl (C=O) groups is 2. The van der Waals surface area contributed by atoms with Crippen LogP contribution < -0.4 is 10.6 Å². The molecular weight excluding hydrogens is 456 g/mol. The van der Waals surface area contributed by atoms with Crippen LogP contribution in [-0.4, -0.2) is 24.5 Å². The van der Waals surface area contributed by atoms with Crippen molar-refractivity contribution in [3.05, 3.63) is 57.6 Å². The first-order valence-electron chi connectivity index (χ1n) is 9.24. The van der Waals surface area contributed by atoms with Gasteiger partial charge in [0.05, 0.1) is 16.3 Å². The third-order valence-electron chi connectivity index (χ3n) is 4.35. The number of carbonyl (C=O) groups excluding carboxylic acids is 2. The summed E-state index contributed by atoms with van der Waals surface area (Å²) in [7, 11) is 0. The number of halogens is 5. The number of amides is 1. The van der Waals surface area contributed by atoms with E-state index < -0.39 is 36.3 Å². The molecule has 0 heterocycles. The van der Waals surface area contributed by atoms with Crippen LogP contribution >= 0.6 is 23.2 Å². The Morgan fingerprint density at radius 1 is 1.06 bits per heavy atom. The van der Waals surface area contributed by atoms with E-state index in [1.807, 2.05) is 0 Å². The lowest BCUT2D eigenvalue weighted by molar-refractivity contribution is -0.149. The standard InChI is InChI=1S/C21H21Cl2F3N2O3/c1-11(2)19(28-16-7-5-13(8-15(16)23)21(24,25)26)20(30)31-10-18(29)27-17-9-14(22)6-4-12(17)3/h4-9,11,19,28H,10H2,1-3H3,(H,27,29). The zero-order valence-electron chi connectivity index (χ0n) is 16.9. The molecule has 31 heavy (non-hydrogen) atoms. The van der Waals surface area contributed by atoms with E-state index in [9.17, 15) is 22.8 Å². The largest absolute Gasteiger partial charge is 0.454 e. The second kappa shape index (κ2) is 10.2. The van der Waals surface area contributed by atoms with Crippen LogP contribution in [0.4, 0.5) is 24.5 Å². The van der Waals surface area contributed by atoms with Crippen LogP contribution in [0.15, 0.2) is 36.4 Å². The second-order valence-corrected chi connectivity index (χ2v) is 8.02. The number of anilines is 2. The molecule has 2 aromatic carbocycles. The van der Waals surface area contributed by atoms with Crippen LogP contribution in [0, 0.1) is 12.8 Å². The quantitative estimate of drug-likeness (QED) is 0.485. The van der Waals surface area contributed by atoms with E-state index in [-0.39, 0.29) is 16.6 Å². The zero-order valence-corrected chi connectivity index (χ0v) is 18.5. The Kier molecular flexibility index (Phi) is 8.20. The molecule has 168 valence electrons. The molecule has 0 aromatic heterocycles. The van der Waals surface area contributed by atoms with Gasteiger partial charge in [0.25, 0.3) is 5.91 Å². The summed E-state index contributed by atoms with van der Waals surface area (Å²) in [6, 6.07) is 6.82. The van der Waals surface area contributed by atoms with Crippen LogP contribution in [-0.2, 0) is 20.5 Å². The lowest BCUT2D eigenvalue weighted by atomic mass is 10.0. The molecule has 0 bridgehead atoms. The third-order valence-corrected chi connectivity index (χ3v) is 4.90. The highest BCUT2D eigenvalue weighted by molar-refractivity contribution is 6.33. The SMILES string of the molecule is Cc1ccc(Cl)cc1NC(=O)COC(=O)C(Nc1ccc(C(F)(F)F)cc1Cl)C(C)C. The normalized spacial score (nSPS) is 12.4. The number of alkyl halides is 3. The minimum absolute atomic E-state index is 0.143. The number of ether oxygens (including phenoxy) is 1. The van der Waals surface area contributed by atoms with Crippen molar-refractivity contribution in [1.82, 2.24) is 0 Å². The summed E-state index contributed by atoms with van der Waals surface area (Å²) < 4.78 is 43.5. The first-order valence-corrected chi connectivity index (χ1v) is 10.00. The number of rotatable bonds is 7. The predicted molar refractivity (Wildman–Crippen MR) is 114 cm³/mol. The summed E-state index contributed by atoms with van der Waals surface area (Å²) in [6.45, 7) is 4.67. The molecule has 0 radical (unpaired) electrons. The highest BCUT2D eigenvalue weighted by Gasteiger charge is 2.31. The molecule has 2 rings (SSSR count). The number of aryl methyl sites for hydroxylation is 1. The summed E-state index contributed by atoms with van der Waals surface area (Å²) in [5, 5.41) is 5.65. The van der Waals surface area contributed by atoms with Gasteiger partial charge >= 0.3 is 12.1 Å². The zero-order chi connectivity index (χ0) is 23.3.